The minimum Gasteiger partial charge on any atom is -0.340 e. The van der Waals surface area contributed by atoms with E-state index in [4.69, 9.17) is 4.74 Å². The van der Waals surface area contributed by atoms with Gasteiger partial charge in [0, 0.05) is 32.8 Å². The van der Waals surface area contributed by atoms with Crippen LogP contribution >= 0.6 is 0 Å². The normalized spacial score (nSPS) is 34.0. The Balaban J connectivity index is 1.34. The van der Waals surface area contributed by atoms with E-state index >= 15 is 0 Å². The Bertz CT molecular complexity index is 2200. The van der Waals surface area contributed by atoms with Gasteiger partial charge in [0.2, 0.25) is 0 Å². The number of benzene rings is 6. The number of hydrogen-bond acceptors (Lipinski definition) is 1. The highest BCUT2D eigenvalue weighted by Gasteiger charge is 2.80. The van der Waals surface area contributed by atoms with Crippen LogP contribution in [0.5, 0.6) is 0 Å². The Labute approximate surface area is 276 Å². The van der Waals surface area contributed by atoms with Crippen molar-refractivity contribution in [1.82, 2.24) is 0 Å². The van der Waals surface area contributed by atoms with Gasteiger partial charge in [0.15, 0.2) is 0 Å². The predicted octanol–water partition coefficient (Wildman–Crippen LogP) is 9.88. The Morgan fingerprint density at radius 2 is 0.617 bits per heavy atom. The molecule has 0 spiro atoms. The topological polar surface area (TPSA) is 9.23 Å². The van der Waals surface area contributed by atoms with E-state index < -0.39 is 11.2 Å². The highest BCUT2D eigenvalue weighted by molar-refractivity contribution is 5.80. The Morgan fingerprint density at radius 1 is 0.319 bits per heavy atom. The van der Waals surface area contributed by atoms with Crippen molar-refractivity contribution in [1.29, 1.82) is 0 Å². The average molecular weight is 605 g/mol. The highest BCUT2D eigenvalue weighted by atomic mass is 16.5. The van der Waals surface area contributed by atoms with Crippen LogP contribution in [0, 0.1) is 5.41 Å². The molecule has 0 N–H and O–H groups in total. The van der Waals surface area contributed by atoms with Gasteiger partial charge in [-0.15, -0.1) is 0 Å². The first-order chi connectivity index (χ1) is 22.8. The molecule has 0 radical (unpaired) electrons. The first-order valence-corrected chi connectivity index (χ1v) is 17.1. The quantitative estimate of drug-likeness (QED) is 0.191. The van der Waals surface area contributed by atoms with Gasteiger partial charge < -0.3 is 4.74 Å². The number of ether oxygens (including phenoxy) is 1. The molecular weight excluding hydrogens is 569 g/mol. The predicted molar refractivity (Wildman–Crippen MR) is 187 cm³/mol. The molecule has 3 aliphatic carbocycles. The molecule has 1 nitrogen and oxygen atoms in total. The van der Waals surface area contributed by atoms with Gasteiger partial charge in [-0.1, -0.05) is 173 Å². The lowest BCUT2D eigenvalue weighted by molar-refractivity contribution is -0.0259. The zero-order valence-electron chi connectivity index (χ0n) is 27.3. The summed E-state index contributed by atoms with van der Waals surface area (Å²) < 4.78 is 7.78. The number of hydrogen-bond donors (Lipinski definition) is 0. The molecule has 6 aromatic rings. The molecule has 2 heterocycles. The van der Waals surface area contributed by atoms with Crippen molar-refractivity contribution in [2.45, 2.75) is 55.1 Å². The van der Waals surface area contributed by atoms with Crippen molar-refractivity contribution < 1.29 is 4.74 Å². The van der Waals surface area contributed by atoms with Gasteiger partial charge in [-0.05, 0) is 55.6 Å². The van der Waals surface area contributed by atoms with Gasteiger partial charge in [-0.3, -0.25) is 0 Å². The highest BCUT2D eigenvalue weighted by Crippen LogP contribution is 2.83. The van der Waals surface area contributed by atoms with Crippen molar-refractivity contribution in [3.8, 4) is 0 Å². The third kappa shape index (κ3) is 2.33. The standard InChI is InChI=1S/C46H36O/c1-41-31-21-11-13-23-33(31)42(2)37-27-39-40(28-38(37)43(3,44(41,42)4)34-24-14-12-22-32(34)41)46(30-19-9-6-10-20-30)36-26-16-15-25-35(36)45(39,47-46)29-17-7-5-8-18-29/h5-28H,1-4H3/t41?,42-,43+,44?,45?,46?. The molecule has 5 aliphatic rings. The van der Waals surface area contributed by atoms with Gasteiger partial charge in [-0.25, -0.2) is 0 Å². The SMILES string of the molecule is CC12c3ccccc3[C@@]3(C)c4cc5c(cc4[C@@](C)(c4ccccc41)C23C)C1(c2ccccc2)OC5(c2ccccc2)c2ccccc21. The van der Waals surface area contributed by atoms with Crippen LogP contribution < -0.4 is 0 Å². The minimum absolute atomic E-state index is 0.121. The fourth-order valence-electron chi connectivity index (χ4n) is 12.2. The second kappa shape index (κ2) is 7.87. The summed E-state index contributed by atoms with van der Waals surface area (Å²) in [4.78, 5) is 0. The van der Waals surface area contributed by atoms with E-state index in [1.54, 1.807) is 0 Å². The lowest BCUT2D eigenvalue weighted by atomic mass is 9.52. The molecule has 0 saturated heterocycles. The number of rotatable bonds is 2. The van der Waals surface area contributed by atoms with Crippen LogP contribution in [0.3, 0.4) is 0 Å². The van der Waals surface area contributed by atoms with Gasteiger partial charge >= 0.3 is 0 Å². The van der Waals surface area contributed by atoms with E-state index in [0.29, 0.717) is 0 Å². The van der Waals surface area contributed by atoms with E-state index in [1.807, 2.05) is 0 Å². The average Bonchev–Trinajstić information content (AvgIpc) is 3.77. The molecule has 0 saturated carbocycles. The molecule has 0 fully saturated rings. The second-order valence-corrected chi connectivity index (χ2v) is 15.3. The summed E-state index contributed by atoms with van der Waals surface area (Å²) in [5, 5.41) is 0. The van der Waals surface area contributed by atoms with E-state index in [9.17, 15) is 0 Å². The minimum atomic E-state index is -0.715. The van der Waals surface area contributed by atoms with Crippen LogP contribution in [0.15, 0.2) is 146 Å². The molecule has 11 rings (SSSR count). The van der Waals surface area contributed by atoms with Crippen molar-refractivity contribution >= 4 is 0 Å². The van der Waals surface area contributed by atoms with E-state index in [0.717, 1.165) is 0 Å². The van der Waals surface area contributed by atoms with Crippen LogP contribution in [0.4, 0.5) is 0 Å². The fraction of sp³-hybridized carbons (Fsp3) is 0.217. The van der Waals surface area contributed by atoms with Gasteiger partial charge in [-0.2, -0.15) is 0 Å². The van der Waals surface area contributed by atoms with Gasteiger partial charge in [0.25, 0.3) is 0 Å². The molecular formula is C46H36O. The van der Waals surface area contributed by atoms with Crippen LogP contribution in [-0.4, -0.2) is 0 Å². The molecule has 0 amide bonds. The molecule has 4 unspecified atom stereocenters. The van der Waals surface area contributed by atoms with E-state index in [1.165, 1.54) is 66.8 Å². The van der Waals surface area contributed by atoms with Crippen molar-refractivity contribution in [2.24, 2.45) is 5.41 Å². The van der Waals surface area contributed by atoms with E-state index in [2.05, 4.69) is 173 Å². The molecule has 1 heteroatoms. The summed E-state index contributed by atoms with van der Waals surface area (Å²) in [6, 6.07) is 54.8. The first-order valence-electron chi connectivity index (χ1n) is 17.1. The molecule has 47 heavy (non-hydrogen) atoms. The van der Waals surface area contributed by atoms with E-state index in [-0.39, 0.29) is 21.7 Å². The smallest absolute Gasteiger partial charge is 0.146 e. The summed E-state index contributed by atoms with van der Waals surface area (Å²) in [7, 11) is 0. The third-order valence-electron chi connectivity index (χ3n) is 14.4. The lowest BCUT2D eigenvalue weighted by Gasteiger charge is -2.49. The monoisotopic (exact) mass is 604 g/mol. The van der Waals surface area contributed by atoms with Crippen molar-refractivity contribution in [3.63, 3.8) is 0 Å². The summed E-state index contributed by atoms with van der Waals surface area (Å²) >= 11 is 0. The summed E-state index contributed by atoms with van der Waals surface area (Å²) in [6.07, 6.45) is 0. The number of fused-ring (bicyclic) bond motifs is 17. The van der Waals surface area contributed by atoms with Crippen molar-refractivity contribution in [3.05, 3.63) is 212 Å². The lowest BCUT2D eigenvalue weighted by Crippen LogP contribution is -2.51. The largest absolute Gasteiger partial charge is 0.340 e. The van der Waals surface area contributed by atoms with Crippen LogP contribution in [0.25, 0.3) is 0 Å². The Hall–Kier alpha value is -4.72. The molecule has 6 aromatic carbocycles. The van der Waals surface area contributed by atoms with Crippen molar-refractivity contribution in [2.75, 3.05) is 0 Å². The third-order valence-corrected chi connectivity index (χ3v) is 14.4. The Kier molecular flexibility index (Phi) is 4.41. The van der Waals surface area contributed by atoms with Crippen LogP contribution in [0.2, 0.25) is 0 Å². The molecule has 226 valence electrons. The maximum atomic E-state index is 7.78. The molecule has 6 atom stereocenters. The summed E-state index contributed by atoms with van der Waals surface area (Å²) in [6.45, 7) is 10.3. The Morgan fingerprint density at radius 3 is 0.979 bits per heavy atom. The maximum Gasteiger partial charge on any atom is 0.146 e. The molecule has 0 aromatic heterocycles. The van der Waals surface area contributed by atoms with Gasteiger partial charge in [0.05, 0.1) is 0 Å². The zero-order chi connectivity index (χ0) is 31.6. The van der Waals surface area contributed by atoms with Crippen LogP contribution in [-0.2, 0) is 32.2 Å². The first kappa shape index (κ1) is 26.4. The molecule has 2 bridgehead atoms. The maximum absolute atomic E-state index is 7.78. The molecule has 2 aliphatic heterocycles. The zero-order valence-corrected chi connectivity index (χ0v) is 27.3. The summed E-state index contributed by atoms with van der Waals surface area (Å²) in [5.74, 6) is 0. The summed E-state index contributed by atoms with van der Waals surface area (Å²) in [5.41, 5.74) is 14.2. The fourth-order valence-corrected chi connectivity index (χ4v) is 12.2. The second-order valence-electron chi connectivity index (χ2n) is 15.3. The van der Waals surface area contributed by atoms with Gasteiger partial charge in [0.1, 0.15) is 11.2 Å². The van der Waals surface area contributed by atoms with Crippen LogP contribution in [0.1, 0.15) is 94.5 Å².